The van der Waals surface area contributed by atoms with Crippen molar-refractivity contribution in [1.29, 1.82) is 0 Å². The van der Waals surface area contributed by atoms with Gasteiger partial charge in [-0.05, 0) is 47.8 Å². The van der Waals surface area contributed by atoms with Gasteiger partial charge in [-0.3, -0.25) is 4.79 Å². The van der Waals surface area contributed by atoms with Gasteiger partial charge in [-0.1, -0.05) is 0 Å². The van der Waals surface area contributed by atoms with Gasteiger partial charge in [0.25, 0.3) is 0 Å². The Labute approximate surface area is 70.0 Å². The maximum Gasteiger partial charge on any atom is 0.310 e. The van der Waals surface area contributed by atoms with Gasteiger partial charge >= 0.3 is 5.97 Å². The number of carboxylic acid groups (broad SMARTS) is 1. The van der Waals surface area contributed by atoms with Crippen LogP contribution in [-0.2, 0) is 4.79 Å². The number of aliphatic carboxylic acids is 1. The lowest BCUT2D eigenvalue weighted by Crippen LogP contribution is -2.90. The maximum absolute atomic E-state index is 11.1. The first-order chi connectivity index (χ1) is 5.79. The van der Waals surface area contributed by atoms with Gasteiger partial charge in [0.15, 0.2) is 0 Å². The summed E-state index contributed by atoms with van der Waals surface area (Å²) in [4.78, 5) is 11.1. The van der Waals surface area contributed by atoms with Crippen molar-refractivity contribution in [2.75, 3.05) is 0 Å². The van der Waals surface area contributed by atoms with Gasteiger partial charge in [0.2, 0.25) is 0 Å². The highest BCUT2D eigenvalue weighted by atomic mass is 16.4. The van der Waals surface area contributed by atoms with Crippen molar-refractivity contribution in [3.8, 4) is 0 Å². The summed E-state index contributed by atoms with van der Waals surface area (Å²) in [5.41, 5.74) is -0.132. The first kappa shape index (κ1) is 5.25. The van der Waals surface area contributed by atoms with Gasteiger partial charge < -0.3 is 5.11 Å². The highest BCUT2D eigenvalue weighted by molar-refractivity contribution is 5.84. The molecule has 6 aliphatic carbocycles. The van der Waals surface area contributed by atoms with E-state index in [2.05, 4.69) is 0 Å². The Balaban J connectivity index is 1.78. The summed E-state index contributed by atoms with van der Waals surface area (Å²) in [6, 6.07) is 0. The van der Waals surface area contributed by atoms with E-state index < -0.39 is 5.97 Å². The minimum Gasteiger partial charge on any atom is -0.481 e. The zero-order chi connectivity index (χ0) is 7.83. The molecule has 0 heterocycles. The third-order valence-electron chi connectivity index (χ3n) is 6.14. The van der Waals surface area contributed by atoms with Crippen LogP contribution in [0.3, 0.4) is 0 Å². The standard InChI is InChI=1S/C10H10O2/c11-9(12)10-6-3-1-2-4(6)8(10)5(2)7(3)10/h2-8H,1H2,(H,11,12)/t2?,3?,4-,5+,6+,7-,8?,10?. The normalized spacial score (nSPS) is 82.8. The van der Waals surface area contributed by atoms with Gasteiger partial charge in [0, 0.05) is 0 Å². The third kappa shape index (κ3) is 0.192. The highest BCUT2D eigenvalue weighted by Crippen LogP contribution is 2.99. The maximum atomic E-state index is 11.1. The summed E-state index contributed by atoms with van der Waals surface area (Å²) in [6.45, 7) is 0. The van der Waals surface area contributed by atoms with E-state index in [0.29, 0.717) is 17.8 Å². The fourth-order valence-corrected chi connectivity index (χ4v) is 6.32. The van der Waals surface area contributed by atoms with Crippen molar-refractivity contribution in [2.24, 2.45) is 46.8 Å². The van der Waals surface area contributed by atoms with Gasteiger partial charge in [-0.25, -0.2) is 0 Å². The Morgan fingerprint density at radius 2 is 1.83 bits per heavy atom. The van der Waals surface area contributed by atoms with Crippen LogP contribution in [0, 0.1) is 46.8 Å². The molecule has 0 aromatic heterocycles. The fourth-order valence-electron chi connectivity index (χ4n) is 6.32. The summed E-state index contributed by atoms with van der Waals surface area (Å²) >= 11 is 0. The summed E-state index contributed by atoms with van der Waals surface area (Å²) < 4.78 is 0. The second-order valence-electron chi connectivity index (χ2n) is 5.53. The predicted molar refractivity (Wildman–Crippen MR) is 39.1 cm³/mol. The largest absolute Gasteiger partial charge is 0.481 e. The third-order valence-corrected chi connectivity index (χ3v) is 6.14. The summed E-state index contributed by atoms with van der Waals surface area (Å²) in [7, 11) is 0. The average molecular weight is 162 g/mol. The quantitative estimate of drug-likeness (QED) is 0.620. The number of hydrogen-bond acceptors (Lipinski definition) is 1. The van der Waals surface area contributed by atoms with Crippen LogP contribution in [0.2, 0.25) is 0 Å². The summed E-state index contributed by atoms with van der Waals surface area (Å²) in [6.07, 6.45) is 1.40. The molecule has 6 rings (SSSR count). The van der Waals surface area contributed by atoms with Crippen molar-refractivity contribution in [3.05, 3.63) is 0 Å². The second-order valence-corrected chi connectivity index (χ2v) is 5.53. The molecule has 0 aliphatic heterocycles. The lowest BCUT2D eigenvalue weighted by atomic mass is 9.13. The van der Waals surface area contributed by atoms with Gasteiger partial charge in [0.1, 0.15) is 0 Å². The zero-order valence-corrected chi connectivity index (χ0v) is 6.60. The summed E-state index contributed by atoms with van der Waals surface area (Å²) in [5.74, 6) is 5.16. The molecule has 0 aromatic carbocycles. The number of hydrogen-bond donors (Lipinski definition) is 1. The van der Waals surface area contributed by atoms with E-state index in [-0.39, 0.29) is 5.41 Å². The molecule has 6 aliphatic rings. The van der Waals surface area contributed by atoms with Crippen LogP contribution in [0.5, 0.6) is 0 Å². The highest BCUT2D eigenvalue weighted by Gasteiger charge is 3.00. The molecule has 6 saturated carbocycles. The van der Waals surface area contributed by atoms with Crippen LogP contribution in [0.1, 0.15) is 6.42 Å². The molecule has 8 atom stereocenters. The Hall–Kier alpha value is -0.530. The van der Waals surface area contributed by atoms with E-state index in [1.807, 2.05) is 0 Å². The van der Waals surface area contributed by atoms with Crippen LogP contribution in [-0.4, -0.2) is 11.1 Å². The van der Waals surface area contributed by atoms with Gasteiger partial charge in [-0.15, -0.1) is 0 Å². The summed E-state index contributed by atoms with van der Waals surface area (Å²) in [5, 5.41) is 9.19. The average Bonchev–Trinajstić information content (AvgIpc) is 2.27. The first-order valence-electron chi connectivity index (χ1n) is 5.03. The first-order valence-corrected chi connectivity index (χ1v) is 5.03. The molecule has 0 radical (unpaired) electrons. The predicted octanol–water partition coefficient (Wildman–Crippen LogP) is 0.829. The molecule has 12 heavy (non-hydrogen) atoms. The van der Waals surface area contributed by atoms with Crippen LogP contribution in [0.15, 0.2) is 0 Å². The van der Waals surface area contributed by atoms with E-state index in [1.165, 1.54) is 6.42 Å². The Kier molecular flexibility index (Phi) is 0.443. The lowest BCUT2D eigenvalue weighted by Gasteiger charge is -2.89. The number of rotatable bonds is 1. The molecule has 0 amide bonds. The van der Waals surface area contributed by atoms with Gasteiger partial charge in [0.05, 0.1) is 5.41 Å². The van der Waals surface area contributed by atoms with E-state index >= 15 is 0 Å². The minimum atomic E-state index is -0.452. The van der Waals surface area contributed by atoms with E-state index in [4.69, 9.17) is 0 Å². The van der Waals surface area contributed by atoms with Crippen LogP contribution in [0.4, 0.5) is 0 Å². The minimum absolute atomic E-state index is 0.132. The van der Waals surface area contributed by atoms with Crippen LogP contribution < -0.4 is 0 Å². The van der Waals surface area contributed by atoms with Gasteiger partial charge in [-0.2, -0.15) is 0 Å². The van der Waals surface area contributed by atoms with Crippen molar-refractivity contribution in [1.82, 2.24) is 0 Å². The lowest BCUT2D eigenvalue weighted by molar-refractivity contribution is -0.430. The van der Waals surface area contributed by atoms with Crippen molar-refractivity contribution in [2.45, 2.75) is 6.42 Å². The molecule has 6 fully saturated rings. The molecule has 0 spiro atoms. The molecule has 2 nitrogen and oxygen atoms in total. The molecule has 1 N–H and O–H groups in total. The smallest absolute Gasteiger partial charge is 0.310 e. The molecule has 0 aromatic rings. The Bertz CT molecular complexity index is 324. The SMILES string of the molecule is O=C(O)C12C3[C@H]4C5CC([C@H]41)[C@H]2[C@@H]53. The molecular formula is C10H10O2. The molecule has 4 unspecified atom stereocenters. The van der Waals surface area contributed by atoms with E-state index in [1.54, 1.807) is 0 Å². The van der Waals surface area contributed by atoms with Crippen LogP contribution in [0.25, 0.3) is 0 Å². The topological polar surface area (TPSA) is 37.3 Å². The number of carboxylic acids is 1. The molecule has 62 valence electrons. The Morgan fingerprint density at radius 3 is 2.33 bits per heavy atom. The molecule has 0 saturated heterocycles. The van der Waals surface area contributed by atoms with Crippen molar-refractivity contribution >= 4 is 5.97 Å². The molecule has 2 bridgehead atoms. The van der Waals surface area contributed by atoms with Crippen LogP contribution >= 0.6 is 0 Å². The van der Waals surface area contributed by atoms with Crippen molar-refractivity contribution in [3.63, 3.8) is 0 Å². The van der Waals surface area contributed by atoms with E-state index in [0.717, 1.165) is 23.7 Å². The van der Waals surface area contributed by atoms with E-state index in [9.17, 15) is 9.90 Å². The molecular weight excluding hydrogens is 152 g/mol. The Morgan fingerprint density at radius 1 is 1.17 bits per heavy atom. The fraction of sp³-hybridized carbons (Fsp3) is 0.900. The number of carbonyl (C=O) groups is 1. The second kappa shape index (κ2) is 1.01. The monoisotopic (exact) mass is 162 g/mol. The zero-order valence-electron chi connectivity index (χ0n) is 6.60. The van der Waals surface area contributed by atoms with Crippen molar-refractivity contribution < 1.29 is 9.90 Å². The molecule has 2 heteroatoms.